The number of rotatable bonds is 4. The van der Waals surface area contributed by atoms with E-state index in [0.29, 0.717) is 0 Å². The molecule has 0 atom stereocenters. The van der Waals surface area contributed by atoms with Gasteiger partial charge in [0.1, 0.15) is 17.2 Å². The van der Waals surface area contributed by atoms with E-state index in [9.17, 15) is 14.9 Å². The van der Waals surface area contributed by atoms with Crippen LogP contribution in [0.25, 0.3) is 0 Å². The SMILES string of the molecule is COc1cc([N+](=O)[O-])c(Cl)cc1NC(=O)CC#N. The first-order valence-electron chi connectivity index (χ1n) is 4.68. The zero-order valence-corrected chi connectivity index (χ0v) is 10.0. The molecule has 0 aromatic heterocycles. The minimum absolute atomic E-state index is 0.0948. The second-order valence-corrected chi connectivity index (χ2v) is 3.55. The van der Waals surface area contributed by atoms with Crippen molar-refractivity contribution >= 4 is 28.9 Å². The van der Waals surface area contributed by atoms with Gasteiger partial charge in [-0.25, -0.2) is 0 Å². The number of carbonyl (C=O) groups is 1. The fraction of sp³-hybridized carbons (Fsp3) is 0.200. The first-order valence-corrected chi connectivity index (χ1v) is 5.06. The maximum atomic E-state index is 11.2. The monoisotopic (exact) mass is 269 g/mol. The Morgan fingerprint density at radius 3 is 2.83 bits per heavy atom. The fourth-order valence-electron chi connectivity index (χ4n) is 1.22. The lowest BCUT2D eigenvalue weighted by Crippen LogP contribution is -2.11. The molecule has 0 bridgehead atoms. The molecule has 0 aliphatic heterocycles. The number of nitriles is 1. The number of nitrogens with one attached hydrogen (secondary N) is 1. The van der Waals surface area contributed by atoms with Crippen molar-refractivity contribution < 1.29 is 14.5 Å². The summed E-state index contributed by atoms with van der Waals surface area (Å²) in [5.41, 5.74) is -0.153. The maximum Gasteiger partial charge on any atom is 0.291 e. The normalized spacial score (nSPS) is 9.39. The summed E-state index contributed by atoms with van der Waals surface area (Å²) in [5, 5.41) is 21.3. The zero-order valence-electron chi connectivity index (χ0n) is 9.27. The van der Waals surface area contributed by atoms with Crippen LogP contribution in [0, 0.1) is 21.4 Å². The lowest BCUT2D eigenvalue weighted by Gasteiger charge is -2.09. The van der Waals surface area contributed by atoms with E-state index in [-0.39, 0.29) is 28.6 Å². The lowest BCUT2D eigenvalue weighted by molar-refractivity contribution is -0.384. The Balaban J connectivity index is 3.13. The topological polar surface area (TPSA) is 105 Å². The van der Waals surface area contributed by atoms with Crippen molar-refractivity contribution in [1.29, 1.82) is 5.26 Å². The molecule has 1 aromatic rings. The van der Waals surface area contributed by atoms with E-state index < -0.39 is 10.8 Å². The molecule has 0 spiro atoms. The smallest absolute Gasteiger partial charge is 0.291 e. The number of anilines is 1. The third-order valence-corrected chi connectivity index (χ3v) is 2.28. The largest absolute Gasteiger partial charge is 0.494 e. The number of nitro groups is 1. The number of nitro benzene ring substituents is 1. The van der Waals surface area contributed by atoms with Crippen LogP contribution in [0.15, 0.2) is 12.1 Å². The number of amides is 1. The molecule has 18 heavy (non-hydrogen) atoms. The molecule has 0 fully saturated rings. The number of methoxy groups -OCH3 is 1. The van der Waals surface area contributed by atoms with Gasteiger partial charge in [0.05, 0.1) is 29.9 Å². The van der Waals surface area contributed by atoms with Gasteiger partial charge in [-0.3, -0.25) is 14.9 Å². The van der Waals surface area contributed by atoms with Crippen molar-refractivity contribution in [3.05, 3.63) is 27.3 Å². The van der Waals surface area contributed by atoms with Crippen molar-refractivity contribution in [2.45, 2.75) is 6.42 Å². The van der Waals surface area contributed by atoms with E-state index in [4.69, 9.17) is 21.6 Å². The van der Waals surface area contributed by atoms with Crippen LogP contribution in [0.2, 0.25) is 5.02 Å². The van der Waals surface area contributed by atoms with E-state index in [0.717, 1.165) is 6.07 Å². The highest BCUT2D eigenvalue weighted by molar-refractivity contribution is 6.33. The number of halogens is 1. The van der Waals surface area contributed by atoms with Gasteiger partial charge in [0.25, 0.3) is 5.69 Å². The first kappa shape index (κ1) is 13.7. The van der Waals surface area contributed by atoms with E-state index in [1.54, 1.807) is 6.07 Å². The number of carbonyl (C=O) groups excluding carboxylic acids is 1. The lowest BCUT2D eigenvalue weighted by atomic mass is 10.2. The van der Waals surface area contributed by atoms with E-state index in [2.05, 4.69) is 5.32 Å². The summed E-state index contributed by atoms with van der Waals surface area (Å²) < 4.78 is 4.91. The Hall–Kier alpha value is -2.33. The van der Waals surface area contributed by atoms with Gasteiger partial charge in [-0.05, 0) is 6.07 Å². The average Bonchev–Trinajstić information content (AvgIpc) is 2.29. The van der Waals surface area contributed by atoms with Crippen molar-refractivity contribution in [3.63, 3.8) is 0 Å². The second kappa shape index (κ2) is 5.84. The number of ether oxygens (including phenoxy) is 1. The summed E-state index contributed by atoms with van der Waals surface area (Å²) in [4.78, 5) is 21.2. The second-order valence-electron chi connectivity index (χ2n) is 3.14. The predicted molar refractivity (Wildman–Crippen MR) is 63.5 cm³/mol. The highest BCUT2D eigenvalue weighted by Crippen LogP contribution is 2.35. The van der Waals surface area contributed by atoms with Crippen LogP contribution in [0.4, 0.5) is 11.4 Å². The van der Waals surface area contributed by atoms with Gasteiger partial charge in [-0.2, -0.15) is 5.26 Å². The van der Waals surface area contributed by atoms with Crippen LogP contribution in [0.3, 0.4) is 0 Å². The molecule has 0 radical (unpaired) electrons. The molecule has 0 heterocycles. The van der Waals surface area contributed by atoms with Gasteiger partial charge >= 0.3 is 0 Å². The minimum atomic E-state index is -0.661. The average molecular weight is 270 g/mol. The Kier molecular flexibility index (Phi) is 4.45. The van der Waals surface area contributed by atoms with Gasteiger partial charge < -0.3 is 10.1 Å². The molecule has 0 unspecified atom stereocenters. The Bertz CT molecular complexity index is 539. The maximum absolute atomic E-state index is 11.2. The third kappa shape index (κ3) is 3.09. The molecule has 1 amide bonds. The highest BCUT2D eigenvalue weighted by atomic mass is 35.5. The minimum Gasteiger partial charge on any atom is -0.494 e. The summed E-state index contributed by atoms with van der Waals surface area (Å²) >= 11 is 5.70. The van der Waals surface area contributed by atoms with Crippen LogP contribution in [0.5, 0.6) is 5.75 Å². The summed E-state index contributed by atoms with van der Waals surface area (Å²) in [7, 11) is 1.30. The summed E-state index contributed by atoms with van der Waals surface area (Å²) in [6.07, 6.45) is -0.336. The quantitative estimate of drug-likeness (QED) is 0.665. The van der Waals surface area contributed by atoms with E-state index >= 15 is 0 Å². The standard InChI is InChI=1S/C10H8ClN3O4/c1-18-9-5-8(14(16)17)6(11)4-7(9)13-10(15)2-3-12/h4-5H,2H2,1H3,(H,13,15). The Labute approximate surface area is 107 Å². The zero-order chi connectivity index (χ0) is 13.7. The Morgan fingerprint density at radius 1 is 1.67 bits per heavy atom. The van der Waals surface area contributed by atoms with Gasteiger partial charge in [-0.15, -0.1) is 0 Å². The first-order chi connectivity index (χ1) is 8.49. The molecule has 8 heteroatoms. The molecule has 0 saturated heterocycles. The number of nitrogens with zero attached hydrogens (tertiary/aromatic N) is 2. The molecule has 1 rings (SSSR count). The van der Waals surface area contributed by atoms with Crippen LogP contribution in [-0.4, -0.2) is 17.9 Å². The molecular weight excluding hydrogens is 262 g/mol. The highest BCUT2D eigenvalue weighted by Gasteiger charge is 2.18. The summed E-state index contributed by atoms with van der Waals surface area (Å²) in [5.74, 6) is -0.460. The van der Waals surface area contributed by atoms with Crippen molar-refractivity contribution in [3.8, 4) is 11.8 Å². The summed E-state index contributed by atoms with van der Waals surface area (Å²) in [6, 6.07) is 3.98. The van der Waals surface area contributed by atoms with Gasteiger partial charge in [-0.1, -0.05) is 11.6 Å². The van der Waals surface area contributed by atoms with E-state index in [1.165, 1.54) is 13.2 Å². The molecular formula is C10H8ClN3O4. The molecule has 94 valence electrons. The molecule has 7 nitrogen and oxygen atoms in total. The summed E-state index contributed by atoms with van der Waals surface area (Å²) in [6.45, 7) is 0. The third-order valence-electron chi connectivity index (χ3n) is 1.98. The molecule has 1 aromatic carbocycles. The molecule has 0 aliphatic carbocycles. The van der Waals surface area contributed by atoms with Crippen LogP contribution in [-0.2, 0) is 4.79 Å². The van der Waals surface area contributed by atoms with Gasteiger partial charge in [0.2, 0.25) is 5.91 Å². The van der Waals surface area contributed by atoms with Gasteiger partial charge in [0, 0.05) is 0 Å². The van der Waals surface area contributed by atoms with Crippen LogP contribution >= 0.6 is 11.6 Å². The number of hydrogen-bond acceptors (Lipinski definition) is 5. The fourth-order valence-corrected chi connectivity index (χ4v) is 1.45. The van der Waals surface area contributed by atoms with Gasteiger partial charge in [0.15, 0.2) is 0 Å². The van der Waals surface area contributed by atoms with Crippen molar-refractivity contribution in [2.75, 3.05) is 12.4 Å². The van der Waals surface area contributed by atoms with Crippen LogP contribution in [0.1, 0.15) is 6.42 Å². The molecule has 1 N–H and O–H groups in total. The molecule has 0 saturated carbocycles. The number of benzene rings is 1. The predicted octanol–water partition coefficient (Wildman–Crippen LogP) is 2.11. The van der Waals surface area contributed by atoms with Crippen molar-refractivity contribution in [1.82, 2.24) is 0 Å². The van der Waals surface area contributed by atoms with Crippen molar-refractivity contribution in [2.24, 2.45) is 0 Å². The molecule has 0 aliphatic rings. The van der Waals surface area contributed by atoms with E-state index in [1.807, 2.05) is 0 Å². The van der Waals surface area contributed by atoms with Crippen LogP contribution < -0.4 is 10.1 Å². The Morgan fingerprint density at radius 2 is 2.33 bits per heavy atom. The number of hydrogen-bond donors (Lipinski definition) is 1.